The third kappa shape index (κ3) is 2.73. The van der Waals surface area contributed by atoms with Crippen LogP contribution in [0.3, 0.4) is 0 Å². The van der Waals surface area contributed by atoms with Crippen LogP contribution in [0.15, 0.2) is 0 Å². The van der Waals surface area contributed by atoms with E-state index < -0.39 is 0 Å². The van der Waals surface area contributed by atoms with Crippen LogP contribution in [0.25, 0.3) is 0 Å². The van der Waals surface area contributed by atoms with E-state index in [1.807, 2.05) is 7.05 Å². The summed E-state index contributed by atoms with van der Waals surface area (Å²) in [5.41, 5.74) is 0. The summed E-state index contributed by atoms with van der Waals surface area (Å²) in [5.74, 6) is 0.0966. The molecule has 2 atom stereocenters. The van der Waals surface area contributed by atoms with Crippen LogP contribution in [-0.2, 0) is 4.79 Å². The first-order valence-corrected chi connectivity index (χ1v) is 5.99. The van der Waals surface area contributed by atoms with Crippen LogP contribution in [0.4, 0.5) is 0 Å². The van der Waals surface area contributed by atoms with Crippen LogP contribution in [-0.4, -0.2) is 47.9 Å². The van der Waals surface area contributed by atoms with Crippen molar-refractivity contribution in [3.05, 3.63) is 0 Å². The summed E-state index contributed by atoms with van der Waals surface area (Å²) in [6.45, 7) is 5.96. The van der Waals surface area contributed by atoms with Gasteiger partial charge in [0.1, 0.15) is 6.04 Å². The molecule has 2 unspecified atom stereocenters. The fraction of sp³-hybridized carbons (Fsp3) is 0.833. The van der Waals surface area contributed by atoms with E-state index in [4.69, 9.17) is 5.26 Å². The van der Waals surface area contributed by atoms with Gasteiger partial charge >= 0.3 is 0 Å². The minimum Gasteiger partial charge on any atom is -0.344 e. The average Bonchev–Trinajstić information content (AvgIpc) is 2.42. The highest BCUT2D eigenvalue weighted by Gasteiger charge is 2.32. The number of carbonyl (C=O) groups is 1. The molecule has 0 spiro atoms. The van der Waals surface area contributed by atoms with Crippen molar-refractivity contribution in [2.75, 3.05) is 20.1 Å². The highest BCUT2D eigenvalue weighted by atomic mass is 16.2. The van der Waals surface area contributed by atoms with Gasteiger partial charge in [0.25, 0.3) is 0 Å². The topological polar surface area (TPSA) is 47.3 Å². The maximum absolute atomic E-state index is 12.1. The van der Waals surface area contributed by atoms with E-state index in [2.05, 4.69) is 24.8 Å². The van der Waals surface area contributed by atoms with Gasteiger partial charge in [-0.25, -0.2) is 0 Å². The number of hydrogen-bond acceptors (Lipinski definition) is 3. The predicted molar refractivity (Wildman–Crippen MR) is 62.7 cm³/mol. The lowest BCUT2D eigenvalue weighted by Crippen LogP contribution is -2.48. The van der Waals surface area contributed by atoms with Crippen molar-refractivity contribution < 1.29 is 4.79 Å². The summed E-state index contributed by atoms with van der Waals surface area (Å²) >= 11 is 0. The third-order valence-corrected chi connectivity index (χ3v) is 3.41. The minimum absolute atomic E-state index is 0.0966. The van der Waals surface area contributed by atoms with Crippen molar-refractivity contribution >= 4 is 5.91 Å². The maximum Gasteiger partial charge on any atom is 0.240 e. The Morgan fingerprint density at radius 1 is 1.56 bits per heavy atom. The molecular formula is C12H21N3O. The summed E-state index contributed by atoms with van der Waals surface area (Å²) < 4.78 is 0. The van der Waals surface area contributed by atoms with E-state index in [9.17, 15) is 4.79 Å². The standard InChI is InChI=1S/C12H21N3O/c1-4-10(2)15-9-5-8-14(3)12(16)11(15)6-7-13/h10-11H,4-6,8-9H2,1-3H3. The van der Waals surface area contributed by atoms with Gasteiger partial charge in [-0.15, -0.1) is 0 Å². The van der Waals surface area contributed by atoms with Crippen molar-refractivity contribution in [1.29, 1.82) is 5.26 Å². The first-order chi connectivity index (χ1) is 7.61. The Bertz CT molecular complexity index is 284. The quantitative estimate of drug-likeness (QED) is 0.723. The Kier molecular flexibility index (Phi) is 4.75. The summed E-state index contributed by atoms with van der Waals surface area (Å²) in [4.78, 5) is 16.0. The monoisotopic (exact) mass is 223 g/mol. The van der Waals surface area contributed by atoms with Crippen LogP contribution in [0.1, 0.15) is 33.1 Å². The zero-order valence-corrected chi connectivity index (χ0v) is 10.4. The van der Waals surface area contributed by atoms with E-state index in [0.29, 0.717) is 12.5 Å². The molecule has 0 saturated carbocycles. The molecule has 1 aliphatic heterocycles. The summed E-state index contributed by atoms with van der Waals surface area (Å²) in [7, 11) is 1.83. The normalized spacial score (nSPS) is 25.0. The Morgan fingerprint density at radius 2 is 2.25 bits per heavy atom. The van der Waals surface area contributed by atoms with Gasteiger partial charge < -0.3 is 4.90 Å². The lowest BCUT2D eigenvalue weighted by Gasteiger charge is -2.32. The van der Waals surface area contributed by atoms with Crippen molar-refractivity contribution in [2.24, 2.45) is 0 Å². The zero-order chi connectivity index (χ0) is 12.1. The lowest BCUT2D eigenvalue weighted by atomic mass is 10.1. The van der Waals surface area contributed by atoms with Crippen molar-refractivity contribution in [1.82, 2.24) is 9.80 Å². The fourth-order valence-corrected chi connectivity index (χ4v) is 2.21. The number of nitrogens with zero attached hydrogens (tertiary/aromatic N) is 3. The van der Waals surface area contributed by atoms with E-state index in [1.165, 1.54) is 0 Å². The maximum atomic E-state index is 12.1. The summed E-state index contributed by atoms with van der Waals surface area (Å²) in [6, 6.07) is 2.26. The molecule has 16 heavy (non-hydrogen) atoms. The van der Waals surface area contributed by atoms with E-state index in [1.54, 1.807) is 4.90 Å². The SMILES string of the molecule is CCC(C)N1CCCN(C)C(=O)C1CC#N. The summed E-state index contributed by atoms with van der Waals surface area (Å²) in [6.07, 6.45) is 2.31. The molecule has 0 radical (unpaired) electrons. The van der Waals surface area contributed by atoms with Gasteiger partial charge in [-0.1, -0.05) is 6.92 Å². The molecule has 1 amide bonds. The molecule has 0 aliphatic carbocycles. The Morgan fingerprint density at radius 3 is 2.81 bits per heavy atom. The average molecular weight is 223 g/mol. The second kappa shape index (κ2) is 5.86. The molecule has 0 aromatic heterocycles. The van der Waals surface area contributed by atoms with Gasteiger partial charge in [-0.05, 0) is 19.8 Å². The second-order valence-corrected chi connectivity index (χ2v) is 4.49. The van der Waals surface area contributed by atoms with Crippen LogP contribution in [0.5, 0.6) is 0 Å². The van der Waals surface area contributed by atoms with Gasteiger partial charge in [0.15, 0.2) is 0 Å². The molecule has 1 rings (SSSR count). The number of carbonyl (C=O) groups excluding carboxylic acids is 1. The Labute approximate surface area is 97.8 Å². The molecule has 0 N–H and O–H groups in total. The molecule has 0 aromatic carbocycles. The third-order valence-electron chi connectivity index (χ3n) is 3.41. The number of amides is 1. The first-order valence-electron chi connectivity index (χ1n) is 5.99. The minimum atomic E-state index is -0.243. The van der Waals surface area contributed by atoms with E-state index >= 15 is 0 Å². The molecule has 4 heteroatoms. The molecule has 4 nitrogen and oxygen atoms in total. The van der Waals surface area contributed by atoms with Gasteiger partial charge in [-0.2, -0.15) is 5.26 Å². The van der Waals surface area contributed by atoms with Crippen LogP contribution in [0.2, 0.25) is 0 Å². The Hall–Kier alpha value is -1.08. The molecule has 1 aliphatic rings. The molecule has 90 valence electrons. The van der Waals surface area contributed by atoms with Crippen molar-refractivity contribution in [3.8, 4) is 6.07 Å². The molecule has 1 heterocycles. The predicted octanol–water partition coefficient (Wildman–Crippen LogP) is 1.23. The van der Waals surface area contributed by atoms with Gasteiger partial charge in [0.2, 0.25) is 5.91 Å². The van der Waals surface area contributed by atoms with Crippen LogP contribution >= 0.6 is 0 Å². The largest absolute Gasteiger partial charge is 0.344 e. The van der Waals surface area contributed by atoms with E-state index in [0.717, 1.165) is 25.9 Å². The number of likely N-dealkylation sites (N-methyl/N-ethyl adjacent to an activating group) is 1. The number of hydrogen-bond donors (Lipinski definition) is 0. The highest BCUT2D eigenvalue weighted by molar-refractivity contribution is 5.82. The Balaban J connectivity index is 2.87. The first kappa shape index (κ1) is 13.0. The highest BCUT2D eigenvalue weighted by Crippen LogP contribution is 2.17. The van der Waals surface area contributed by atoms with Crippen LogP contribution in [0, 0.1) is 11.3 Å². The molecule has 0 aromatic rings. The van der Waals surface area contributed by atoms with Gasteiger partial charge in [-0.3, -0.25) is 9.69 Å². The zero-order valence-electron chi connectivity index (χ0n) is 10.4. The number of nitriles is 1. The molecular weight excluding hydrogens is 202 g/mol. The van der Waals surface area contributed by atoms with Gasteiger partial charge in [0, 0.05) is 26.2 Å². The number of rotatable bonds is 3. The van der Waals surface area contributed by atoms with Crippen LogP contribution < -0.4 is 0 Å². The molecule has 1 saturated heterocycles. The second-order valence-electron chi connectivity index (χ2n) is 4.49. The van der Waals surface area contributed by atoms with Crippen molar-refractivity contribution in [2.45, 2.75) is 45.2 Å². The molecule has 1 fully saturated rings. The van der Waals surface area contributed by atoms with Crippen molar-refractivity contribution in [3.63, 3.8) is 0 Å². The molecule has 0 bridgehead atoms. The van der Waals surface area contributed by atoms with E-state index in [-0.39, 0.29) is 11.9 Å². The smallest absolute Gasteiger partial charge is 0.240 e. The fourth-order valence-electron chi connectivity index (χ4n) is 2.21. The lowest BCUT2D eigenvalue weighted by molar-refractivity contribution is -0.134. The van der Waals surface area contributed by atoms with Gasteiger partial charge in [0.05, 0.1) is 12.5 Å². The summed E-state index contributed by atoms with van der Waals surface area (Å²) in [5, 5.41) is 8.84.